The molecule has 0 radical (unpaired) electrons. The van der Waals surface area contributed by atoms with Gasteiger partial charge in [0.2, 0.25) is 0 Å². The van der Waals surface area contributed by atoms with Crippen molar-refractivity contribution in [1.29, 1.82) is 0 Å². The molecule has 0 aliphatic rings. The van der Waals surface area contributed by atoms with Crippen molar-refractivity contribution in [2.24, 2.45) is 0 Å². The number of carbonyl (C=O) groups is 1. The van der Waals surface area contributed by atoms with Gasteiger partial charge in [0.15, 0.2) is 17.3 Å². The fourth-order valence-corrected chi connectivity index (χ4v) is 2.11. The van der Waals surface area contributed by atoms with Crippen LogP contribution in [0, 0.1) is 11.6 Å². The highest BCUT2D eigenvalue weighted by molar-refractivity contribution is 9.10. The SMILES string of the molecule is COc1cccc(C(=O)c2cccc(F)c2Br)c1F. The maximum Gasteiger partial charge on any atom is 0.197 e. The molecule has 2 rings (SSSR count). The van der Waals surface area contributed by atoms with E-state index in [-0.39, 0.29) is 21.3 Å². The van der Waals surface area contributed by atoms with Crippen LogP contribution in [0.2, 0.25) is 0 Å². The molecule has 0 aliphatic carbocycles. The number of methoxy groups -OCH3 is 1. The second kappa shape index (κ2) is 5.48. The predicted molar refractivity (Wildman–Crippen MR) is 70.5 cm³/mol. The van der Waals surface area contributed by atoms with Gasteiger partial charge in [-0.1, -0.05) is 12.1 Å². The second-order valence-electron chi connectivity index (χ2n) is 3.75. The largest absolute Gasteiger partial charge is 0.494 e. The van der Waals surface area contributed by atoms with Crippen molar-refractivity contribution in [3.8, 4) is 5.75 Å². The average Bonchev–Trinajstić information content (AvgIpc) is 2.41. The van der Waals surface area contributed by atoms with Crippen molar-refractivity contribution >= 4 is 21.7 Å². The van der Waals surface area contributed by atoms with Crippen LogP contribution in [0.25, 0.3) is 0 Å². The van der Waals surface area contributed by atoms with Gasteiger partial charge < -0.3 is 4.74 Å². The van der Waals surface area contributed by atoms with Crippen LogP contribution in [0.1, 0.15) is 15.9 Å². The summed E-state index contributed by atoms with van der Waals surface area (Å²) < 4.78 is 32.2. The van der Waals surface area contributed by atoms with Gasteiger partial charge in [-0.3, -0.25) is 4.79 Å². The molecule has 2 nitrogen and oxygen atoms in total. The number of rotatable bonds is 3. The highest BCUT2D eigenvalue weighted by atomic mass is 79.9. The molecule has 2 aromatic rings. The summed E-state index contributed by atoms with van der Waals surface area (Å²) in [6.07, 6.45) is 0. The van der Waals surface area contributed by atoms with Gasteiger partial charge >= 0.3 is 0 Å². The maximum absolute atomic E-state index is 14.0. The Bertz CT molecular complexity index is 641. The third kappa shape index (κ3) is 2.51. The van der Waals surface area contributed by atoms with Crippen molar-refractivity contribution < 1.29 is 18.3 Å². The molecule has 2 aromatic carbocycles. The Morgan fingerprint density at radius 3 is 2.42 bits per heavy atom. The summed E-state index contributed by atoms with van der Waals surface area (Å²) in [5.41, 5.74) is -0.0993. The molecule has 0 amide bonds. The molecule has 5 heteroatoms. The maximum atomic E-state index is 14.0. The van der Waals surface area contributed by atoms with Gasteiger partial charge in [0.25, 0.3) is 0 Å². The number of hydrogen-bond donors (Lipinski definition) is 0. The van der Waals surface area contributed by atoms with E-state index in [1.165, 1.54) is 43.5 Å². The summed E-state index contributed by atoms with van der Waals surface area (Å²) in [4.78, 5) is 12.2. The van der Waals surface area contributed by atoms with Crippen molar-refractivity contribution in [1.82, 2.24) is 0 Å². The van der Waals surface area contributed by atoms with E-state index < -0.39 is 17.4 Å². The quantitative estimate of drug-likeness (QED) is 0.798. The fourth-order valence-electron chi connectivity index (χ4n) is 1.67. The first-order valence-electron chi connectivity index (χ1n) is 5.37. The highest BCUT2D eigenvalue weighted by Crippen LogP contribution is 2.26. The summed E-state index contributed by atoms with van der Waals surface area (Å²) in [6.45, 7) is 0. The standard InChI is InChI=1S/C14H9BrF2O2/c1-19-11-7-3-5-9(13(11)17)14(18)8-4-2-6-10(16)12(8)15/h2-7H,1H3. The first-order chi connectivity index (χ1) is 9.06. The van der Waals surface area contributed by atoms with Gasteiger partial charge in [-0.25, -0.2) is 8.78 Å². The lowest BCUT2D eigenvalue weighted by Crippen LogP contribution is -2.07. The number of ether oxygens (including phenoxy) is 1. The first kappa shape index (κ1) is 13.7. The van der Waals surface area contributed by atoms with E-state index in [9.17, 15) is 13.6 Å². The van der Waals surface area contributed by atoms with Gasteiger partial charge in [0.1, 0.15) is 5.82 Å². The number of carbonyl (C=O) groups excluding carboxylic acids is 1. The second-order valence-corrected chi connectivity index (χ2v) is 4.55. The van der Waals surface area contributed by atoms with E-state index in [4.69, 9.17) is 4.74 Å². The Morgan fingerprint density at radius 1 is 1.11 bits per heavy atom. The van der Waals surface area contributed by atoms with Crippen LogP contribution >= 0.6 is 15.9 Å². The van der Waals surface area contributed by atoms with E-state index in [0.717, 1.165) is 0 Å². The molecule has 0 heterocycles. The molecule has 0 bridgehead atoms. The van der Waals surface area contributed by atoms with Gasteiger partial charge in [0, 0.05) is 5.56 Å². The molecule has 98 valence electrons. The molecule has 0 aromatic heterocycles. The minimum Gasteiger partial charge on any atom is -0.494 e. The minimum absolute atomic E-state index is 0.0159. The van der Waals surface area contributed by atoms with Crippen LogP contribution in [0.4, 0.5) is 8.78 Å². The molecule has 0 saturated heterocycles. The lowest BCUT2D eigenvalue weighted by atomic mass is 10.0. The van der Waals surface area contributed by atoms with Crippen LogP contribution in [0.15, 0.2) is 40.9 Å². The molecule has 0 aliphatic heterocycles. The number of benzene rings is 2. The highest BCUT2D eigenvalue weighted by Gasteiger charge is 2.20. The van der Waals surface area contributed by atoms with Crippen molar-refractivity contribution in [2.45, 2.75) is 0 Å². The third-order valence-corrected chi connectivity index (χ3v) is 3.43. The molecular formula is C14H9BrF2O2. The lowest BCUT2D eigenvalue weighted by molar-refractivity contribution is 0.103. The average molecular weight is 327 g/mol. The van der Waals surface area contributed by atoms with E-state index in [1.807, 2.05) is 0 Å². The van der Waals surface area contributed by atoms with E-state index in [2.05, 4.69) is 15.9 Å². The Kier molecular flexibility index (Phi) is 3.95. The topological polar surface area (TPSA) is 26.3 Å². The Balaban J connectivity index is 2.54. The van der Waals surface area contributed by atoms with Crippen LogP contribution in [0.5, 0.6) is 5.75 Å². The minimum atomic E-state index is -0.758. The van der Waals surface area contributed by atoms with Crippen molar-refractivity contribution in [3.05, 3.63) is 63.6 Å². The number of hydrogen-bond acceptors (Lipinski definition) is 2. The first-order valence-corrected chi connectivity index (χ1v) is 6.16. The molecule has 0 N–H and O–H groups in total. The van der Waals surface area contributed by atoms with E-state index in [1.54, 1.807) is 0 Å². The fraction of sp³-hybridized carbons (Fsp3) is 0.0714. The smallest absolute Gasteiger partial charge is 0.197 e. The molecule has 0 fully saturated rings. The van der Waals surface area contributed by atoms with Gasteiger partial charge in [-0.2, -0.15) is 0 Å². The zero-order valence-corrected chi connectivity index (χ0v) is 11.5. The Hall–Kier alpha value is -1.75. The molecule has 0 saturated carbocycles. The van der Waals surface area contributed by atoms with Gasteiger partial charge in [0.05, 0.1) is 17.1 Å². The van der Waals surface area contributed by atoms with E-state index in [0.29, 0.717) is 0 Å². The molecule has 0 unspecified atom stereocenters. The summed E-state index contributed by atoms with van der Waals surface area (Å²) in [5.74, 6) is -1.97. The van der Waals surface area contributed by atoms with Gasteiger partial charge in [-0.05, 0) is 40.2 Å². The number of ketones is 1. The Labute approximate surface area is 117 Å². The zero-order chi connectivity index (χ0) is 14.0. The molecule has 0 spiro atoms. The summed E-state index contributed by atoms with van der Waals surface area (Å²) >= 11 is 2.99. The summed E-state index contributed by atoms with van der Waals surface area (Å²) in [5, 5.41) is 0. The predicted octanol–water partition coefficient (Wildman–Crippen LogP) is 3.97. The Morgan fingerprint density at radius 2 is 1.74 bits per heavy atom. The molecule has 19 heavy (non-hydrogen) atoms. The van der Waals surface area contributed by atoms with Crippen LogP contribution in [-0.2, 0) is 0 Å². The van der Waals surface area contributed by atoms with E-state index >= 15 is 0 Å². The van der Waals surface area contributed by atoms with Crippen LogP contribution < -0.4 is 4.74 Å². The summed E-state index contributed by atoms with van der Waals surface area (Å²) in [6, 6.07) is 8.27. The zero-order valence-electron chi connectivity index (χ0n) is 9.91. The van der Waals surface area contributed by atoms with Gasteiger partial charge in [-0.15, -0.1) is 0 Å². The molecular weight excluding hydrogens is 318 g/mol. The normalized spacial score (nSPS) is 10.3. The van der Waals surface area contributed by atoms with Crippen molar-refractivity contribution in [3.63, 3.8) is 0 Å². The molecule has 0 atom stereocenters. The van der Waals surface area contributed by atoms with Crippen LogP contribution in [-0.4, -0.2) is 12.9 Å². The number of halogens is 3. The van der Waals surface area contributed by atoms with Crippen LogP contribution in [0.3, 0.4) is 0 Å². The third-order valence-electron chi connectivity index (χ3n) is 2.62. The monoisotopic (exact) mass is 326 g/mol. The lowest BCUT2D eigenvalue weighted by Gasteiger charge is -2.08. The summed E-state index contributed by atoms with van der Waals surface area (Å²) in [7, 11) is 1.31. The van der Waals surface area contributed by atoms with Crippen molar-refractivity contribution in [2.75, 3.05) is 7.11 Å².